The van der Waals surface area contributed by atoms with Crippen molar-refractivity contribution >= 4 is 38.8 Å². The molecule has 0 radical (unpaired) electrons. The summed E-state index contributed by atoms with van der Waals surface area (Å²) in [5, 5.41) is 12.3. The zero-order valence-electron chi connectivity index (χ0n) is 21.8. The molecule has 2 aliphatic heterocycles. The molecule has 0 atom stereocenters. The van der Waals surface area contributed by atoms with E-state index in [9.17, 15) is 13.2 Å². The van der Waals surface area contributed by atoms with Crippen LogP contribution in [0, 0.1) is 11.3 Å². The third-order valence-corrected chi connectivity index (χ3v) is 9.88. The highest BCUT2D eigenvalue weighted by Gasteiger charge is 2.44. The molecule has 1 spiro atoms. The summed E-state index contributed by atoms with van der Waals surface area (Å²) >= 11 is 0. The van der Waals surface area contributed by atoms with Gasteiger partial charge in [-0.15, -0.1) is 0 Å². The number of rotatable bonds is 9. The number of anilines is 4. The van der Waals surface area contributed by atoms with Crippen molar-refractivity contribution in [3.8, 4) is 0 Å². The summed E-state index contributed by atoms with van der Waals surface area (Å²) in [6.07, 6.45) is 11.0. The molecule has 38 heavy (non-hydrogen) atoms. The van der Waals surface area contributed by atoms with Crippen molar-refractivity contribution in [2.45, 2.75) is 51.4 Å². The van der Waals surface area contributed by atoms with E-state index in [0.29, 0.717) is 16.7 Å². The molecule has 9 nitrogen and oxygen atoms in total. The predicted molar refractivity (Wildman–Crippen MR) is 149 cm³/mol. The van der Waals surface area contributed by atoms with Crippen LogP contribution in [0.2, 0.25) is 0 Å². The number of carbonyl (C=O) groups is 1. The van der Waals surface area contributed by atoms with Gasteiger partial charge in [-0.25, -0.2) is 13.4 Å². The second-order valence-electron chi connectivity index (χ2n) is 11.5. The number of piperidine rings is 1. The first-order valence-corrected chi connectivity index (χ1v) is 15.5. The molecule has 1 aromatic heterocycles. The summed E-state index contributed by atoms with van der Waals surface area (Å²) < 4.78 is 27.2. The SMILES string of the molecule is O=C(Nc1ccnc2c1CCCN2CC1CC1)c1ccc(NS(=O)(=O)CCO)cc1N1CCC2(CC1)CC2. The molecule has 1 saturated heterocycles. The predicted octanol–water partition coefficient (Wildman–Crippen LogP) is 3.61. The summed E-state index contributed by atoms with van der Waals surface area (Å²) in [6, 6.07) is 6.97. The fraction of sp³-hybridized carbons (Fsp3) is 0.571. The van der Waals surface area contributed by atoms with E-state index < -0.39 is 16.6 Å². The molecule has 3 heterocycles. The highest BCUT2D eigenvalue weighted by atomic mass is 32.2. The van der Waals surface area contributed by atoms with Crippen LogP contribution in [0.4, 0.5) is 22.9 Å². The van der Waals surface area contributed by atoms with E-state index in [0.717, 1.165) is 80.5 Å². The molecule has 1 amide bonds. The lowest BCUT2D eigenvalue weighted by Gasteiger charge is -2.35. The smallest absolute Gasteiger partial charge is 0.257 e. The number of aliphatic hydroxyl groups excluding tert-OH is 1. The average Bonchev–Trinajstić information content (AvgIpc) is 3.83. The van der Waals surface area contributed by atoms with Gasteiger partial charge in [-0.1, -0.05) is 0 Å². The maximum Gasteiger partial charge on any atom is 0.257 e. The number of nitrogens with zero attached hydrogens (tertiary/aromatic N) is 3. The Labute approximate surface area is 224 Å². The molecule has 6 rings (SSSR count). The molecule has 1 aromatic carbocycles. The van der Waals surface area contributed by atoms with Crippen LogP contribution in [0.25, 0.3) is 0 Å². The fourth-order valence-corrected chi connectivity index (χ4v) is 6.78. The molecule has 204 valence electrons. The monoisotopic (exact) mass is 539 g/mol. The van der Waals surface area contributed by atoms with Gasteiger partial charge in [0.15, 0.2) is 0 Å². The second kappa shape index (κ2) is 10.0. The normalized spacial score (nSPS) is 20.2. The molecule has 10 heteroatoms. The first-order valence-electron chi connectivity index (χ1n) is 13.9. The van der Waals surface area contributed by atoms with Crippen molar-refractivity contribution in [2.24, 2.45) is 11.3 Å². The number of fused-ring (bicyclic) bond motifs is 1. The van der Waals surface area contributed by atoms with Gasteiger partial charge in [0.05, 0.1) is 29.3 Å². The maximum absolute atomic E-state index is 13.7. The first kappa shape index (κ1) is 25.4. The lowest BCUT2D eigenvalue weighted by Crippen LogP contribution is -2.36. The van der Waals surface area contributed by atoms with E-state index >= 15 is 0 Å². The maximum atomic E-state index is 13.7. The Balaban J connectivity index is 1.27. The third kappa shape index (κ3) is 5.47. The van der Waals surface area contributed by atoms with Crippen molar-refractivity contribution in [2.75, 3.05) is 58.4 Å². The van der Waals surface area contributed by atoms with Crippen LogP contribution in [-0.4, -0.2) is 63.0 Å². The lowest BCUT2D eigenvalue weighted by molar-refractivity contribution is 0.102. The molecule has 2 aliphatic carbocycles. The minimum atomic E-state index is -3.67. The zero-order valence-corrected chi connectivity index (χ0v) is 22.6. The quantitative estimate of drug-likeness (QED) is 0.446. The second-order valence-corrected chi connectivity index (χ2v) is 13.3. The van der Waals surface area contributed by atoms with Gasteiger partial charge in [0.1, 0.15) is 5.82 Å². The van der Waals surface area contributed by atoms with Gasteiger partial charge in [-0.05, 0) is 87.0 Å². The summed E-state index contributed by atoms with van der Waals surface area (Å²) in [4.78, 5) is 23.0. The van der Waals surface area contributed by atoms with E-state index in [1.165, 1.54) is 25.7 Å². The summed E-state index contributed by atoms with van der Waals surface area (Å²) in [5.41, 5.74) is 4.03. The van der Waals surface area contributed by atoms with E-state index in [4.69, 9.17) is 5.11 Å². The fourth-order valence-electron chi connectivity index (χ4n) is 5.95. The van der Waals surface area contributed by atoms with Gasteiger partial charge in [0, 0.05) is 43.6 Å². The van der Waals surface area contributed by atoms with Crippen LogP contribution >= 0.6 is 0 Å². The van der Waals surface area contributed by atoms with Gasteiger partial charge < -0.3 is 20.2 Å². The Morgan fingerprint density at radius 2 is 1.89 bits per heavy atom. The van der Waals surface area contributed by atoms with Crippen molar-refractivity contribution in [3.63, 3.8) is 0 Å². The van der Waals surface area contributed by atoms with Gasteiger partial charge >= 0.3 is 0 Å². The van der Waals surface area contributed by atoms with Crippen molar-refractivity contribution in [3.05, 3.63) is 41.6 Å². The molecule has 2 saturated carbocycles. The minimum absolute atomic E-state index is 0.204. The van der Waals surface area contributed by atoms with Gasteiger partial charge in [-0.2, -0.15) is 0 Å². The number of hydrogen-bond acceptors (Lipinski definition) is 7. The van der Waals surface area contributed by atoms with Gasteiger partial charge in [0.25, 0.3) is 5.91 Å². The molecule has 3 N–H and O–H groups in total. The van der Waals surface area contributed by atoms with E-state index in [1.807, 2.05) is 6.07 Å². The number of aromatic nitrogens is 1. The van der Waals surface area contributed by atoms with E-state index in [2.05, 4.69) is 24.8 Å². The van der Waals surface area contributed by atoms with Crippen LogP contribution in [0.5, 0.6) is 0 Å². The van der Waals surface area contributed by atoms with Crippen LogP contribution in [0.1, 0.15) is 60.9 Å². The zero-order chi connectivity index (χ0) is 26.3. The molecule has 0 unspecified atom stereocenters. The molecular weight excluding hydrogens is 502 g/mol. The average molecular weight is 540 g/mol. The number of amides is 1. The largest absolute Gasteiger partial charge is 0.395 e. The summed E-state index contributed by atoms with van der Waals surface area (Å²) in [5.74, 6) is 1.17. The minimum Gasteiger partial charge on any atom is -0.395 e. The number of hydrogen-bond donors (Lipinski definition) is 3. The van der Waals surface area contributed by atoms with E-state index in [1.54, 1.807) is 24.4 Å². The van der Waals surface area contributed by atoms with Crippen LogP contribution in [-0.2, 0) is 16.4 Å². The number of pyridine rings is 1. The number of nitrogens with one attached hydrogen (secondary N) is 2. The Kier molecular flexibility index (Phi) is 6.72. The van der Waals surface area contributed by atoms with Crippen LogP contribution < -0.4 is 19.8 Å². The van der Waals surface area contributed by atoms with Crippen molar-refractivity contribution in [1.82, 2.24) is 4.98 Å². The Hall–Kier alpha value is -2.85. The molecule has 4 aliphatic rings. The lowest BCUT2D eigenvalue weighted by atomic mass is 9.93. The number of aliphatic hydroxyl groups is 1. The summed E-state index contributed by atoms with van der Waals surface area (Å²) in [6.45, 7) is 3.26. The van der Waals surface area contributed by atoms with Crippen LogP contribution in [0.15, 0.2) is 30.5 Å². The third-order valence-electron chi connectivity index (χ3n) is 8.61. The molecule has 3 fully saturated rings. The number of benzene rings is 1. The van der Waals surface area contributed by atoms with Gasteiger partial charge in [0.2, 0.25) is 10.0 Å². The molecule has 0 bridgehead atoms. The highest BCUT2D eigenvalue weighted by Crippen LogP contribution is 2.54. The van der Waals surface area contributed by atoms with Crippen LogP contribution in [0.3, 0.4) is 0 Å². The standard InChI is InChI=1S/C28H37N5O4S/c34-16-17-38(36,37)31-21-5-6-23(25(18-21)32-14-10-28(8-9-28)11-15-32)27(35)30-24-7-12-29-26-22(24)2-1-13-33(26)19-20-3-4-20/h5-7,12,18,20,31,34H,1-4,8-11,13-17,19H2,(H,29,30,35). The topological polar surface area (TPSA) is 115 Å². The number of sulfonamides is 1. The van der Waals surface area contributed by atoms with Crippen molar-refractivity contribution in [1.29, 1.82) is 0 Å². The Bertz CT molecular complexity index is 1310. The number of carbonyl (C=O) groups excluding carboxylic acids is 1. The van der Waals surface area contributed by atoms with Crippen molar-refractivity contribution < 1.29 is 18.3 Å². The highest BCUT2D eigenvalue weighted by molar-refractivity contribution is 7.92. The molecular formula is C28H37N5O4S. The Morgan fingerprint density at radius 1 is 1.11 bits per heavy atom. The molecule has 2 aromatic rings. The summed E-state index contributed by atoms with van der Waals surface area (Å²) in [7, 11) is -3.67. The van der Waals surface area contributed by atoms with E-state index in [-0.39, 0.29) is 11.7 Å². The first-order chi connectivity index (χ1) is 18.3. The Morgan fingerprint density at radius 3 is 2.61 bits per heavy atom. The van der Waals surface area contributed by atoms with Gasteiger partial charge in [-0.3, -0.25) is 9.52 Å².